The Morgan fingerprint density at radius 1 is 1.33 bits per heavy atom. The van der Waals surface area contributed by atoms with Crippen molar-refractivity contribution in [1.82, 2.24) is 9.97 Å². The fraction of sp³-hybridized carbons (Fsp3) is 0.0714. The van der Waals surface area contributed by atoms with Gasteiger partial charge in [-0.3, -0.25) is 0 Å². The van der Waals surface area contributed by atoms with Crippen LogP contribution in [0, 0.1) is 24.1 Å². The van der Waals surface area contributed by atoms with Gasteiger partial charge in [-0.05, 0) is 42.8 Å². The van der Waals surface area contributed by atoms with E-state index in [2.05, 4.69) is 15.3 Å². The molecule has 2 aromatic heterocycles. The van der Waals surface area contributed by atoms with Crippen LogP contribution in [0.5, 0.6) is 0 Å². The van der Waals surface area contributed by atoms with Crippen molar-refractivity contribution in [2.45, 2.75) is 6.92 Å². The normalized spacial score (nSPS) is 10.6. The van der Waals surface area contributed by atoms with Crippen molar-refractivity contribution < 1.29 is 4.39 Å². The summed E-state index contributed by atoms with van der Waals surface area (Å²) in [5.74, 6) is -0.0816. The number of hydrogen-bond donors (Lipinski definition) is 1. The van der Waals surface area contributed by atoms with Gasteiger partial charge in [0.25, 0.3) is 0 Å². The average molecular weight is 319 g/mol. The third kappa shape index (κ3) is 2.66. The molecule has 1 N–H and O–H groups in total. The summed E-state index contributed by atoms with van der Waals surface area (Å²) in [6.45, 7) is 1.95. The van der Waals surface area contributed by atoms with Crippen molar-refractivity contribution in [2.75, 3.05) is 5.32 Å². The molecular formula is C14H8ClFN4S. The fourth-order valence-corrected chi connectivity index (χ4v) is 3.02. The molecule has 0 atom stereocenters. The number of thiophene rings is 1. The predicted octanol–water partition coefficient (Wildman–Crippen LogP) is 4.41. The predicted molar refractivity (Wildman–Crippen MR) is 81.6 cm³/mol. The van der Waals surface area contributed by atoms with Crippen molar-refractivity contribution in [2.24, 2.45) is 0 Å². The maximum Gasteiger partial charge on any atom is 0.225 e. The second-order valence-corrected chi connectivity index (χ2v) is 5.92. The lowest BCUT2D eigenvalue weighted by atomic mass is 10.2. The SMILES string of the molecule is Cc1cc2c(Nc3ccc(C#N)cc3F)nc(Cl)nc2s1. The van der Waals surface area contributed by atoms with E-state index in [0.717, 1.165) is 15.1 Å². The molecule has 0 spiro atoms. The Kier molecular flexibility index (Phi) is 3.45. The summed E-state index contributed by atoms with van der Waals surface area (Å²) >= 11 is 7.38. The Morgan fingerprint density at radius 2 is 2.14 bits per heavy atom. The third-order valence-electron chi connectivity index (χ3n) is 2.84. The molecule has 0 fully saturated rings. The van der Waals surface area contributed by atoms with E-state index in [1.54, 1.807) is 0 Å². The molecule has 0 saturated heterocycles. The van der Waals surface area contributed by atoms with Crippen molar-refractivity contribution in [1.29, 1.82) is 5.26 Å². The van der Waals surface area contributed by atoms with E-state index >= 15 is 0 Å². The van der Waals surface area contributed by atoms with Gasteiger partial charge in [-0.15, -0.1) is 11.3 Å². The van der Waals surface area contributed by atoms with E-state index in [1.165, 1.54) is 29.5 Å². The van der Waals surface area contributed by atoms with Crippen molar-refractivity contribution in [3.8, 4) is 6.07 Å². The van der Waals surface area contributed by atoms with E-state index < -0.39 is 5.82 Å². The summed E-state index contributed by atoms with van der Waals surface area (Å²) in [4.78, 5) is 10.1. The zero-order chi connectivity index (χ0) is 15.0. The number of hydrogen-bond acceptors (Lipinski definition) is 5. The van der Waals surface area contributed by atoms with Crippen LogP contribution in [-0.4, -0.2) is 9.97 Å². The van der Waals surface area contributed by atoms with E-state index in [0.29, 0.717) is 5.82 Å². The summed E-state index contributed by atoms with van der Waals surface area (Å²) < 4.78 is 13.9. The molecule has 3 aromatic rings. The Balaban J connectivity index is 2.08. The van der Waals surface area contributed by atoms with Crippen LogP contribution in [-0.2, 0) is 0 Å². The van der Waals surface area contributed by atoms with Crippen molar-refractivity contribution in [3.63, 3.8) is 0 Å². The number of aryl methyl sites for hydroxylation is 1. The molecule has 0 saturated carbocycles. The lowest BCUT2D eigenvalue weighted by Crippen LogP contribution is -1.98. The van der Waals surface area contributed by atoms with E-state index in [-0.39, 0.29) is 16.5 Å². The maximum atomic E-state index is 13.9. The van der Waals surface area contributed by atoms with Gasteiger partial charge in [0, 0.05) is 4.88 Å². The average Bonchev–Trinajstić information content (AvgIpc) is 2.81. The number of nitrogens with one attached hydrogen (secondary N) is 1. The lowest BCUT2D eigenvalue weighted by molar-refractivity contribution is 0.631. The van der Waals surface area contributed by atoms with E-state index in [9.17, 15) is 4.39 Å². The summed E-state index contributed by atoms with van der Waals surface area (Å²) in [5.41, 5.74) is 0.490. The molecule has 0 unspecified atom stereocenters. The lowest BCUT2D eigenvalue weighted by Gasteiger charge is -2.08. The van der Waals surface area contributed by atoms with Crippen LogP contribution in [0.4, 0.5) is 15.9 Å². The second kappa shape index (κ2) is 5.28. The van der Waals surface area contributed by atoms with Crippen LogP contribution in [0.1, 0.15) is 10.4 Å². The molecule has 0 aliphatic heterocycles. The number of halogens is 2. The maximum absolute atomic E-state index is 13.9. The van der Waals surface area contributed by atoms with Gasteiger partial charge >= 0.3 is 0 Å². The highest BCUT2D eigenvalue weighted by atomic mass is 35.5. The monoisotopic (exact) mass is 318 g/mol. The fourth-order valence-electron chi connectivity index (χ4n) is 1.92. The van der Waals surface area contributed by atoms with Crippen LogP contribution in [0.25, 0.3) is 10.2 Å². The number of anilines is 2. The molecule has 3 rings (SSSR count). The number of nitriles is 1. The highest BCUT2D eigenvalue weighted by Gasteiger charge is 2.12. The molecule has 104 valence electrons. The third-order valence-corrected chi connectivity index (χ3v) is 3.95. The summed E-state index contributed by atoms with van der Waals surface area (Å²) in [6, 6.07) is 8.00. The number of benzene rings is 1. The minimum absolute atomic E-state index is 0.0981. The highest BCUT2D eigenvalue weighted by Crippen LogP contribution is 2.31. The van der Waals surface area contributed by atoms with E-state index in [4.69, 9.17) is 16.9 Å². The standard InChI is InChI=1S/C14H8ClFN4S/c1-7-4-9-12(19-14(15)20-13(9)21-7)18-11-3-2-8(6-17)5-10(11)16/h2-5H,1H3,(H,18,19,20). The Bertz CT molecular complexity index is 885. The summed E-state index contributed by atoms with van der Waals surface area (Å²) in [5, 5.41) is 12.5. The van der Waals surface area contributed by atoms with Crippen LogP contribution in [0.3, 0.4) is 0 Å². The minimum atomic E-state index is -0.524. The molecule has 0 aliphatic carbocycles. The molecule has 2 heterocycles. The van der Waals surface area contributed by atoms with Crippen LogP contribution < -0.4 is 5.32 Å². The van der Waals surface area contributed by atoms with Crippen molar-refractivity contribution in [3.05, 3.63) is 45.8 Å². The zero-order valence-electron chi connectivity index (χ0n) is 10.8. The molecule has 21 heavy (non-hydrogen) atoms. The molecular weight excluding hydrogens is 311 g/mol. The van der Waals surface area contributed by atoms with Gasteiger partial charge in [-0.1, -0.05) is 0 Å². The molecule has 4 nitrogen and oxygen atoms in total. The number of aromatic nitrogens is 2. The first kappa shape index (κ1) is 13.7. The molecule has 7 heteroatoms. The van der Waals surface area contributed by atoms with E-state index in [1.807, 2.05) is 19.1 Å². The van der Waals surface area contributed by atoms with Gasteiger partial charge in [0.2, 0.25) is 5.28 Å². The Hall–Kier alpha value is -2.23. The van der Waals surface area contributed by atoms with Crippen LogP contribution in [0.2, 0.25) is 5.28 Å². The topological polar surface area (TPSA) is 61.6 Å². The van der Waals surface area contributed by atoms with Gasteiger partial charge in [0.05, 0.1) is 22.7 Å². The number of rotatable bonds is 2. The number of nitrogens with zero attached hydrogens (tertiary/aromatic N) is 3. The highest BCUT2D eigenvalue weighted by molar-refractivity contribution is 7.18. The molecule has 0 aliphatic rings. The summed E-state index contributed by atoms with van der Waals surface area (Å²) in [6.07, 6.45) is 0. The largest absolute Gasteiger partial charge is 0.337 e. The van der Waals surface area contributed by atoms with Gasteiger partial charge in [-0.25, -0.2) is 9.37 Å². The van der Waals surface area contributed by atoms with Gasteiger partial charge in [-0.2, -0.15) is 10.2 Å². The quantitative estimate of drug-likeness (QED) is 0.711. The number of fused-ring (bicyclic) bond motifs is 1. The van der Waals surface area contributed by atoms with Crippen LogP contribution in [0.15, 0.2) is 24.3 Å². The molecule has 0 amide bonds. The first-order chi connectivity index (χ1) is 10.1. The smallest absolute Gasteiger partial charge is 0.225 e. The van der Waals surface area contributed by atoms with Gasteiger partial charge < -0.3 is 5.32 Å². The zero-order valence-corrected chi connectivity index (χ0v) is 12.4. The molecule has 1 aromatic carbocycles. The first-order valence-electron chi connectivity index (χ1n) is 5.97. The Morgan fingerprint density at radius 3 is 2.86 bits per heavy atom. The first-order valence-corrected chi connectivity index (χ1v) is 7.16. The van der Waals surface area contributed by atoms with Gasteiger partial charge in [0.1, 0.15) is 16.5 Å². The van der Waals surface area contributed by atoms with Crippen LogP contribution >= 0.6 is 22.9 Å². The van der Waals surface area contributed by atoms with Gasteiger partial charge in [0.15, 0.2) is 0 Å². The Labute approximate surface area is 128 Å². The minimum Gasteiger partial charge on any atom is -0.337 e. The van der Waals surface area contributed by atoms with Crippen molar-refractivity contribution >= 4 is 44.7 Å². The molecule has 0 radical (unpaired) electrons. The molecule has 0 bridgehead atoms. The second-order valence-electron chi connectivity index (χ2n) is 4.35. The summed E-state index contributed by atoms with van der Waals surface area (Å²) in [7, 11) is 0.